The summed E-state index contributed by atoms with van der Waals surface area (Å²) >= 11 is 0. The summed E-state index contributed by atoms with van der Waals surface area (Å²) in [4.78, 5) is 6.94. The molecule has 3 aromatic rings. The number of nitrogens with one attached hydrogen (secondary N) is 2. The predicted molar refractivity (Wildman–Crippen MR) is 158 cm³/mol. The van der Waals surface area contributed by atoms with Crippen LogP contribution in [0.25, 0.3) is 16.9 Å². The Bertz CT molecular complexity index is 1380. The van der Waals surface area contributed by atoms with E-state index < -0.39 is 0 Å². The van der Waals surface area contributed by atoms with Gasteiger partial charge in [0.05, 0.1) is 29.7 Å². The van der Waals surface area contributed by atoms with Crippen LogP contribution in [0.15, 0.2) is 85.9 Å². The molecule has 198 valence electrons. The van der Waals surface area contributed by atoms with Crippen molar-refractivity contribution in [1.29, 1.82) is 0 Å². The Hall–Kier alpha value is -4.02. The molecule has 2 N–H and O–H groups in total. The lowest BCUT2D eigenvalue weighted by Crippen LogP contribution is -2.35. The van der Waals surface area contributed by atoms with Crippen molar-refractivity contribution in [3.05, 3.63) is 108 Å². The summed E-state index contributed by atoms with van der Waals surface area (Å²) in [7, 11) is 0. The number of aryl methyl sites for hydroxylation is 2. The summed E-state index contributed by atoms with van der Waals surface area (Å²) in [6.07, 6.45) is 13.4. The van der Waals surface area contributed by atoms with E-state index >= 15 is 0 Å². The number of hydrogen-bond donors (Lipinski definition) is 2. The third kappa shape index (κ3) is 5.92. The molecule has 0 radical (unpaired) electrons. The zero-order chi connectivity index (χ0) is 27.1. The lowest BCUT2D eigenvalue weighted by molar-refractivity contribution is 0.263. The Kier molecular flexibility index (Phi) is 8.88. The molecular weight excluding hydrogens is 468 g/mol. The average molecular weight is 509 g/mol. The highest BCUT2D eigenvalue weighted by Gasteiger charge is 2.23. The smallest absolute Gasteiger partial charge is 0.164 e. The summed E-state index contributed by atoms with van der Waals surface area (Å²) in [6.45, 7) is 20.9. The van der Waals surface area contributed by atoms with Gasteiger partial charge in [-0.25, -0.2) is 9.50 Å². The predicted octanol–water partition coefficient (Wildman–Crippen LogP) is 6.24. The van der Waals surface area contributed by atoms with Crippen LogP contribution >= 0.6 is 0 Å². The summed E-state index contributed by atoms with van der Waals surface area (Å²) in [5.74, 6) is 0. The van der Waals surface area contributed by atoms with E-state index in [1.165, 1.54) is 36.8 Å². The van der Waals surface area contributed by atoms with Gasteiger partial charge in [-0.3, -0.25) is 0 Å². The van der Waals surface area contributed by atoms with Crippen LogP contribution in [0.3, 0.4) is 0 Å². The van der Waals surface area contributed by atoms with Gasteiger partial charge >= 0.3 is 0 Å². The largest absolute Gasteiger partial charge is 0.383 e. The van der Waals surface area contributed by atoms with Crippen molar-refractivity contribution in [2.45, 2.75) is 58.9 Å². The molecule has 1 aromatic carbocycles. The van der Waals surface area contributed by atoms with E-state index in [0.717, 1.165) is 46.7 Å². The van der Waals surface area contributed by atoms with E-state index in [1.807, 2.05) is 18.5 Å². The fraction of sp³-hybridized carbons (Fsp3) is 0.344. The van der Waals surface area contributed by atoms with Gasteiger partial charge in [-0.05, 0) is 55.9 Å². The minimum atomic E-state index is 0.574. The van der Waals surface area contributed by atoms with Crippen molar-refractivity contribution in [2.75, 3.05) is 13.1 Å². The van der Waals surface area contributed by atoms with Gasteiger partial charge in [0, 0.05) is 36.9 Å². The number of allylic oxidation sites excluding steroid dienone is 1. The standard InChI is InChI=1S/C32H40N6/c1-7-26-16-15-23(4)19-29(26)24(5)31(36-25(6)30-21-35-38-18-12-17-34-32(30)38)22-33-20-27(8-2)37(9-3)28-13-10-11-14-28/h12,15-19,21-22,28,33,36H,2,5-7,9-11,13-14,20H2,1,3-4H3/b31-22+. The van der Waals surface area contributed by atoms with Gasteiger partial charge in [-0.2, -0.15) is 5.10 Å². The van der Waals surface area contributed by atoms with Crippen LogP contribution in [-0.4, -0.2) is 38.6 Å². The van der Waals surface area contributed by atoms with Gasteiger partial charge in [0.25, 0.3) is 0 Å². The zero-order valence-electron chi connectivity index (χ0n) is 23.1. The number of likely N-dealkylation sites (N-methyl/N-ethyl adjacent to an activating group) is 1. The van der Waals surface area contributed by atoms with Crippen LogP contribution in [0.2, 0.25) is 0 Å². The van der Waals surface area contributed by atoms with Crippen LogP contribution in [0, 0.1) is 6.92 Å². The first-order chi connectivity index (χ1) is 18.5. The second-order valence-electron chi connectivity index (χ2n) is 9.83. The van der Waals surface area contributed by atoms with Crippen LogP contribution in [0.5, 0.6) is 0 Å². The maximum Gasteiger partial charge on any atom is 0.164 e. The monoisotopic (exact) mass is 508 g/mol. The van der Waals surface area contributed by atoms with Crippen LogP contribution in [-0.2, 0) is 6.42 Å². The van der Waals surface area contributed by atoms with Gasteiger partial charge in [0.1, 0.15) is 0 Å². The Balaban J connectivity index is 1.62. The van der Waals surface area contributed by atoms with Crippen molar-refractivity contribution >= 4 is 16.9 Å². The van der Waals surface area contributed by atoms with Crippen molar-refractivity contribution in [1.82, 2.24) is 30.1 Å². The van der Waals surface area contributed by atoms with E-state index in [0.29, 0.717) is 18.3 Å². The molecule has 4 rings (SSSR count). The molecule has 0 saturated heterocycles. The first-order valence-electron chi connectivity index (χ1n) is 13.6. The number of hydrogen-bond acceptors (Lipinski definition) is 5. The lowest BCUT2D eigenvalue weighted by atomic mass is 9.95. The molecule has 0 unspecified atom stereocenters. The van der Waals surface area contributed by atoms with Gasteiger partial charge in [-0.15, -0.1) is 5.73 Å². The molecular formula is C32H40N6. The Labute approximate surface area is 227 Å². The summed E-state index contributed by atoms with van der Waals surface area (Å²) in [6, 6.07) is 8.97. The first kappa shape index (κ1) is 27.0. The molecule has 2 aromatic heterocycles. The number of rotatable bonds is 12. The van der Waals surface area contributed by atoms with E-state index in [4.69, 9.17) is 0 Å². The topological polar surface area (TPSA) is 57.5 Å². The van der Waals surface area contributed by atoms with Gasteiger partial charge in [-0.1, -0.05) is 63.3 Å². The zero-order valence-corrected chi connectivity index (χ0v) is 23.1. The number of benzene rings is 1. The molecule has 2 heterocycles. The molecule has 0 bridgehead atoms. The van der Waals surface area contributed by atoms with Gasteiger partial charge in [0.2, 0.25) is 0 Å². The van der Waals surface area contributed by atoms with Crippen molar-refractivity contribution < 1.29 is 0 Å². The highest BCUT2D eigenvalue weighted by Crippen LogP contribution is 2.28. The number of fused-ring (bicyclic) bond motifs is 1. The second kappa shape index (κ2) is 12.5. The molecule has 0 aliphatic heterocycles. The molecule has 6 nitrogen and oxygen atoms in total. The molecule has 0 amide bonds. The molecule has 0 atom stereocenters. The third-order valence-electron chi connectivity index (χ3n) is 7.36. The van der Waals surface area contributed by atoms with E-state index in [-0.39, 0.29) is 0 Å². The SMILES string of the molecule is C=C=C(CN/C=C(/NC(=C)c1cnn2cccnc12)C(=C)c1cc(C)ccc1CC)N(CC)C1CCCC1. The molecule has 1 fully saturated rings. The minimum Gasteiger partial charge on any atom is -0.383 e. The first-order valence-corrected chi connectivity index (χ1v) is 13.6. The minimum absolute atomic E-state index is 0.574. The van der Waals surface area contributed by atoms with Crippen LogP contribution in [0.4, 0.5) is 0 Å². The summed E-state index contributed by atoms with van der Waals surface area (Å²) < 4.78 is 1.75. The normalized spacial score (nSPS) is 13.8. The Morgan fingerprint density at radius 1 is 1.21 bits per heavy atom. The highest BCUT2D eigenvalue weighted by molar-refractivity contribution is 5.83. The third-order valence-corrected chi connectivity index (χ3v) is 7.36. The summed E-state index contributed by atoms with van der Waals surface area (Å²) in [5, 5.41) is 11.5. The molecule has 1 saturated carbocycles. The molecule has 6 heteroatoms. The second-order valence-corrected chi connectivity index (χ2v) is 9.83. The highest BCUT2D eigenvalue weighted by atomic mass is 15.2. The van der Waals surface area contributed by atoms with Gasteiger partial charge < -0.3 is 15.5 Å². The van der Waals surface area contributed by atoms with Crippen molar-refractivity contribution in [2.24, 2.45) is 0 Å². The van der Waals surface area contributed by atoms with Crippen molar-refractivity contribution in [3.63, 3.8) is 0 Å². The quantitative estimate of drug-likeness (QED) is 0.224. The fourth-order valence-corrected chi connectivity index (χ4v) is 5.29. The maximum atomic E-state index is 4.51. The Morgan fingerprint density at radius 2 is 2.00 bits per heavy atom. The molecule has 0 spiro atoms. The average Bonchev–Trinajstić information content (AvgIpc) is 3.62. The summed E-state index contributed by atoms with van der Waals surface area (Å²) in [5.41, 5.74) is 11.9. The number of aromatic nitrogens is 3. The number of nitrogens with zero attached hydrogens (tertiary/aromatic N) is 4. The lowest BCUT2D eigenvalue weighted by Gasteiger charge is -2.31. The molecule has 38 heavy (non-hydrogen) atoms. The molecule has 1 aliphatic rings. The van der Waals surface area contributed by atoms with Crippen LogP contribution in [0.1, 0.15) is 61.8 Å². The molecule has 1 aliphatic carbocycles. The van der Waals surface area contributed by atoms with Crippen LogP contribution < -0.4 is 10.6 Å². The van der Waals surface area contributed by atoms with E-state index in [2.05, 4.69) is 90.1 Å². The van der Waals surface area contributed by atoms with E-state index in [1.54, 1.807) is 16.9 Å². The fourth-order valence-electron chi connectivity index (χ4n) is 5.29. The Morgan fingerprint density at radius 3 is 2.71 bits per heavy atom. The van der Waals surface area contributed by atoms with Crippen molar-refractivity contribution in [3.8, 4) is 0 Å². The van der Waals surface area contributed by atoms with E-state index in [9.17, 15) is 0 Å². The maximum absolute atomic E-state index is 4.51. The van der Waals surface area contributed by atoms with Gasteiger partial charge in [0.15, 0.2) is 5.65 Å².